The van der Waals surface area contributed by atoms with Crippen LogP contribution in [0.2, 0.25) is 0 Å². The molecule has 2 rings (SSSR count). The van der Waals surface area contributed by atoms with Gasteiger partial charge < -0.3 is 9.84 Å². The van der Waals surface area contributed by atoms with E-state index in [9.17, 15) is 0 Å². The fraction of sp³-hybridized carbons (Fsp3) is 0.727. The molecule has 6 heteroatoms. The highest BCUT2D eigenvalue weighted by Gasteiger charge is 2.25. The van der Waals surface area contributed by atoms with Gasteiger partial charge in [-0.3, -0.25) is 4.90 Å². The third-order valence-electron chi connectivity index (χ3n) is 2.99. The van der Waals surface area contributed by atoms with E-state index in [1.54, 1.807) is 11.3 Å². The van der Waals surface area contributed by atoms with Gasteiger partial charge in [-0.2, -0.15) is 0 Å². The average molecular weight is 277 g/mol. The predicted molar refractivity (Wildman–Crippen MR) is 68.5 cm³/mol. The Morgan fingerprint density at radius 2 is 2.59 bits per heavy atom. The molecule has 17 heavy (non-hydrogen) atoms. The maximum Gasteiger partial charge on any atom is 0.110 e. The van der Waals surface area contributed by atoms with Crippen LogP contribution in [0.25, 0.3) is 0 Å². The Morgan fingerprint density at radius 1 is 1.76 bits per heavy atom. The predicted octanol–water partition coefficient (Wildman–Crippen LogP) is 1.64. The highest BCUT2D eigenvalue weighted by Crippen LogP contribution is 2.25. The molecule has 1 aliphatic rings. The van der Waals surface area contributed by atoms with Crippen molar-refractivity contribution in [3.05, 3.63) is 16.1 Å². The minimum Gasteiger partial charge on any atom is -0.394 e. The lowest BCUT2D eigenvalue weighted by atomic mass is 10.2. The minimum atomic E-state index is -0.0707. The number of aliphatic hydroxyl groups excluding tert-OH is 1. The first-order chi connectivity index (χ1) is 8.24. The number of hydrogen-bond acceptors (Lipinski definition) is 5. The molecule has 1 fully saturated rings. The zero-order chi connectivity index (χ0) is 12.3. The maximum absolute atomic E-state index is 9.12. The van der Waals surface area contributed by atoms with Gasteiger partial charge in [-0.15, -0.1) is 22.9 Å². The zero-order valence-electron chi connectivity index (χ0n) is 9.80. The molecule has 0 saturated carbocycles. The van der Waals surface area contributed by atoms with Crippen LogP contribution in [0, 0.1) is 0 Å². The summed E-state index contributed by atoms with van der Waals surface area (Å²) in [6, 6.07) is 0.259. The molecule has 2 unspecified atom stereocenters. The van der Waals surface area contributed by atoms with Crippen LogP contribution >= 0.6 is 22.9 Å². The highest BCUT2D eigenvalue weighted by atomic mass is 35.5. The lowest BCUT2D eigenvalue weighted by Gasteiger charge is -2.35. The fourth-order valence-electron chi connectivity index (χ4n) is 1.94. The van der Waals surface area contributed by atoms with E-state index < -0.39 is 0 Å². The van der Waals surface area contributed by atoms with Gasteiger partial charge in [0.1, 0.15) is 5.01 Å². The van der Waals surface area contributed by atoms with E-state index in [0.717, 1.165) is 23.8 Å². The van der Waals surface area contributed by atoms with Crippen molar-refractivity contribution in [1.82, 2.24) is 9.88 Å². The molecule has 0 aliphatic carbocycles. The van der Waals surface area contributed by atoms with Crippen LogP contribution in [-0.2, 0) is 10.6 Å². The van der Waals surface area contributed by atoms with Crippen molar-refractivity contribution >= 4 is 22.9 Å². The summed E-state index contributed by atoms with van der Waals surface area (Å²) in [5.41, 5.74) is 0.936. The van der Waals surface area contributed by atoms with Crippen molar-refractivity contribution in [3.8, 4) is 0 Å². The van der Waals surface area contributed by atoms with Crippen molar-refractivity contribution in [3.63, 3.8) is 0 Å². The molecule has 4 nitrogen and oxygen atoms in total. The number of aliphatic hydroxyl groups is 1. The number of alkyl halides is 1. The third kappa shape index (κ3) is 3.17. The van der Waals surface area contributed by atoms with Crippen LogP contribution in [0.4, 0.5) is 0 Å². The summed E-state index contributed by atoms with van der Waals surface area (Å²) in [5, 5.41) is 12.2. The van der Waals surface area contributed by atoms with Crippen molar-refractivity contribution in [2.24, 2.45) is 0 Å². The number of nitrogens with zero attached hydrogens (tertiary/aromatic N) is 2. The van der Waals surface area contributed by atoms with E-state index in [4.69, 9.17) is 21.4 Å². The van der Waals surface area contributed by atoms with Crippen molar-refractivity contribution in [1.29, 1.82) is 0 Å². The number of hydrogen-bond donors (Lipinski definition) is 1. The lowest BCUT2D eigenvalue weighted by molar-refractivity contribution is -0.0633. The van der Waals surface area contributed by atoms with Crippen molar-refractivity contribution < 1.29 is 9.84 Å². The standard InChI is InChI=1S/C11H17ClN2O2S/c1-8(11-13-9(4-12)7-17-11)14-2-3-16-10(5-14)6-15/h7-8,10,15H,2-6H2,1H3. The highest BCUT2D eigenvalue weighted by molar-refractivity contribution is 7.09. The molecule has 0 bridgehead atoms. The Balaban J connectivity index is 2.00. The molecule has 1 aliphatic heterocycles. The fourth-order valence-corrected chi connectivity index (χ4v) is 3.07. The van der Waals surface area contributed by atoms with Gasteiger partial charge in [0.2, 0.25) is 0 Å². The smallest absolute Gasteiger partial charge is 0.110 e. The molecule has 0 aromatic carbocycles. The number of thiazole rings is 1. The maximum atomic E-state index is 9.12. The second-order valence-corrected chi connectivity index (χ2v) is 5.31. The van der Waals surface area contributed by atoms with Crippen LogP contribution < -0.4 is 0 Å². The summed E-state index contributed by atoms with van der Waals surface area (Å²) in [7, 11) is 0. The van der Waals surface area contributed by atoms with Gasteiger partial charge in [0.05, 0.1) is 36.9 Å². The van der Waals surface area contributed by atoms with Gasteiger partial charge >= 0.3 is 0 Å². The Bertz CT molecular complexity index is 361. The van der Waals surface area contributed by atoms with Crippen LogP contribution in [0.3, 0.4) is 0 Å². The molecule has 1 aromatic rings. The molecule has 2 atom stereocenters. The first-order valence-corrected chi connectivity index (χ1v) is 7.12. The lowest BCUT2D eigenvalue weighted by Crippen LogP contribution is -2.44. The van der Waals surface area contributed by atoms with Gasteiger partial charge in [0, 0.05) is 18.5 Å². The summed E-state index contributed by atoms with van der Waals surface area (Å²) in [5.74, 6) is 0.464. The second-order valence-electron chi connectivity index (χ2n) is 4.16. The summed E-state index contributed by atoms with van der Waals surface area (Å²) < 4.78 is 5.44. The first-order valence-electron chi connectivity index (χ1n) is 5.71. The van der Waals surface area contributed by atoms with E-state index in [0.29, 0.717) is 12.5 Å². The van der Waals surface area contributed by atoms with Gasteiger partial charge in [-0.05, 0) is 6.92 Å². The topological polar surface area (TPSA) is 45.6 Å². The monoisotopic (exact) mass is 276 g/mol. The Labute approximate surface area is 110 Å². The van der Waals surface area contributed by atoms with Crippen LogP contribution in [-0.4, -0.2) is 47.4 Å². The van der Waals surface area contributed by atoms with Crippen LogP contribution in [0.15, 0.2) is 5.38 Å². The largest absolute Gasteiger partial charge is 0.394 e. The van der Waals surface area contributed by atoms with Gasteiger partial charge in [0.25, 0.3) is 0 Å². The van der Waals surface area contributed by atoms with E-state index in [1.165, 1.54) is 0 Å². The van der Waals surface area contributed by atoms with Gasteiger partial charge in [-0.1, -0.05) is 0 Å². The normalized spacial score (nSPS) is 23.8. The number of aromatic nitrogens is 1. The Morgan fingerprint density at radius 3 is 3.24 bits per heavy atom. The van der Waals surface area contributed by atoms with E-state index in [2.05, 4.69) is 16.8 Å². The molecular formula is C11H17ClN2O2S. The number of morpholine rings is 1. The average Bonchev–Trinajstić information content (AvgIpc) is 2.86. The molecular weight excluding hydrogens is 260 g/mol. The number of rotatable bonds is 4. The molecule has 0 spiro atoms. The van der Waals surface area contributed by atoms with E-state index >= 15 is 0 Å². The molecule has 0 amide bonds. The quantitative estimate of drug-likeness (QED) is 0.849. The van der Waals surface area contributed by atoms with Crippen LogP contribution in [0.5, 0.6) is 0 Å². The SMILES string of the molecule is CC(c1nc(CCl)cs1)N1CCOC(CO)C1. The van der Waals surface area contributed by atoms with Crippen molar-refractivity contribution in [2.45, 2.75) is 24.9 Å². The van der Waals surface area contributed by atoms with E-state index in [-0.39, 0.29) is 18.8 Å². The molecule has 1 aromatic heterocycles. The van der Waals surface area contributed by atoms with Gasteiger partial charge in [-0.25, -0.2) is 4.98 Å². The second kappa shape index (κ2) is 6.11. The van der Waals surface area contributed by atoms with Crippen molar-refractivity contribution in [2.75, 3.05) is 26.3 Å². The summed E-state index contributed by atoms with van der Waals surface area (Å²) in [6.07, 6.45) is -0.0707. The van der Waals surface area contributed by atoms with Crippen LogP contribution in [0.1, 0.15) is 23.7 Å². The molecule has 0 radical (unpaired) electrons. The third-order valence-corrected chi connectivity index (χ3v) is 4.32. The zero-order valence-corrected chi connectivity index (χ0v) is 11.4. The van der Waals surface area contributed by atoms with Gasteiger partial charge in [0.15, 0.2) is 0 Å². The summed E-state index contributed by atoms with van der Waals surface area (Å²) in [6.45, 7) is 4.52. The first kappa shape index (κ1) is 13.2. The molecule has 2 heterocycles. The Kier molecular flexibility index (Phi) is 4.76. The Hall–Kier alpha value is -0.200. The molecule has 1 N–H and O–H groups in total. The van der Waals surface area contributed by atoms with E-state index in [1.807, 2.05) is 5.38 Å². The molecule has 96 valence electrons. The minimum absolute atomic E-state index is 0.0707. The molecule has 1 saturated heterocycles. The summed E-state index contributed by atoms with van der Waals surface area (Å²) >= 11 is 7.40. The number of ether oxygens (including phenoxy) is 1. The number of halogens is 1. The summed E-state index contributed by atoms with van der Waals surface area (Å²) in [4.78, 5) is 6.79.